The van der Waals surface area contributed by atoms with Gasteiger partial charge in [0.2, 0.25) is 11.8 Å². The predicted octanol–water partition coefficient (Wildman–Crippen LogP) is 2.92. The summed E-state index contributed by atoms with van der Waals surface area (Å²) in [6, 6.07) is 5.34. The van der Waals surface area contributed by atoms with Crippen molar-refractivity contribution in [1.29, 1.82) is 0 Å². The zero-order valence-electron chi connectivity index (χ0n) is 19.4. The molecule has 0 aliphatic carbocycles. The Bertz CT molecular complexity index is 975. The van der Waals surface area contributed by atoms with Gasteiger partial charge in [0.15, 0.2) is 0 Å². The molecule has 0 N–H and O–H groups in total. The van der Waals surface area contributed by atoms with Crippen LogP contribution < -0.4 is 4.74 Å². The lowest BCUT2D eigenvalue weighted by atomic mass is 10.2. The van der Waals surface area contributed by atoms with E-state index in [0.717, 1.165) is 5.56 Å². The second-order valence-corrected chi connectivity index (χ2v) is 8.56. The monoisotopic (exact) mass is 482 g/mol. The SMILES string of the molecule is CC(C)N1CC(OCc2ccc(OC(F)(F)F)cc2)CN(C(=O)CCc2cnn(C)c2)CC1=O. The fourth-order valence-corrected chi connectivity index (χ4v) is 3.75. The fourth-order valence-electron chi connectivity index (χ4n) is 3.75. The number of hydrogen-bond acceptors (Lipinski definition) is 5. The van der Waals surface area contributed by atoms with E-state index < -0.39 is 12.5 Å². The largest absolute Gasteiger partial charge is 0.573 e. The van der Waals surface area contributed by atoms with Crippen LogP contribution in [0.25, 0.3) is 0 Å². The first-order chi connectivity index (χ1) is 16.0. The summed E-state index contributed by atoms with van der Waals surface area (Å²) in [6.07, 6.45) is -0.881. The number of alkyl halides is 3. The molecule has 1 unspecified atom stereocenters. The van der Waals surface area contributed by atoms with Crippen LogP contribution in [0.1, 0.15) is 31.4 Å². The molecule has 1 aliphatic heterocycles. The Kier molecular flexibility index (Phi) is 8.19. The lowest BCUT2D eigenvalue weighted by Gasteiger charge is -2.27. The van der Waals surface area contributed by atoms with Crippen LogP contribution in [-0.4, -0.2) is 69.5 Å². The van der Waals surface area contributed by atoms with E-state index >= 15 is 0 Å². The van der Waals surface area contributed by atoms with E-state index in [-0.39, 0.29) is 49.7 Å². The highest BCUT2D eigenvalue weighted by molar-refractivity contribution is 5.85. The highest BCUT2D eigenvalue weighted by Crippen LogP contribution is 2.23. The van der Waals surface area contributed by atoms with E-state index in [0.29, 0.717) is 18.5 Å². The quantitative estimate of drug-likeness (QED) is 0.578. The zero-order chi connectivity index (χ0) is 24.9. The van der Waals surface area contributed by atoms with Crippen molar-refractivity contribution in [3.8, 4) is 5.75 Å². The first-order valence-corrected chi connectivity index (χ1v) is 11.0. The molecular weight excluding hydrogens is 453 g/mol. The maximum Gasteiger partial charge on any atom is 0.573 e. The van der Waals surface area contributed by atoms with Crippen molar-refractivity contribution in [1.82, 2.24) is 19.6 Å². The number of halogens is 3. The summed E-state index contributed by atoms with van der Waals surface area (Å²) in [7, 11) is 1.80. The van der Waals surface area contributed by atoms with Crippen LogP contribution >= 0.6 is 0 Å². The fraction of sp³-hybridized carbons (Fsp3) is 0.522. The van der Waals surface area contributed by atoms with Crippen molar-refractivity contribution in [2.75, 3.05) is 19.6 Å². The number of aryl methyl sites for hydroxylation is 2. The van der Waals surface area contributed by atoms with Crippen molar-refractivity contribution < 1.29 is 32.2 Å². The van der Waals surface area contributed by atoms with Crippen LogP contribution in [-0.2, 0) is 34.4 Å². The molecule has 1 aromatic heterocycles. The van der Waals surface area contributed by atoms with Gasteiger partial charge < -0.3 is 19.3 Å². The predicted molar refractivity (Wildman–Crippen MR) is 117 cm³/mol. The maximum atomic E-state index is 12.9. The number of hydrogen-bond donors (Lipinski definition) is 0. The van der Waals surface area contributed by atoms with Crippen molar-refractivity contribution in [3.05, 3.63) is 47.8 Å². The summed E-state index contributed by atoms with van der Waals surface area (Å²) in [5.41, 5.74) is 1.59. The van der Waals surface area contributed by atoms with E-state index in [2.05, 4.69) is 9.84 Å². The van der Waals surface area contributed by atoms with E-state index in [1.54, 1.807) is 22.8 Å². The number of carbonyl (C=O) groups is 2. The van der Waals surface area contributed by atoms with Gasteiger partial charge in [-0.3, -0.25) is 14.3 Å². The number of nitrogens with zero attached hydrogens (tertiary/aromatic N) is 4. The molecule has 1 fully saturated rings. The highest BCUT2D eigenvalue weighted by atomic mass is 19.4. The second-order valence-electron chi connectivity index (χ2n) is 8.56. The summed E-state index contributed by atoms with van der Waals surface area (Å²) >= 11 is 0. The van der Waals surface area contributed by atoms with Crippen LogP contribution in [0.3, 0.4) is 0 Å². The zero-order valence-corrected chi connectivity index (χ0v) is 19.4. The van der Waals surface area contributed by atoms with Gasteiger partial charge in [-0.1, -0.05) is 12.1 Å². The molecule has 1 aliphatic rings. The maximum absolute atomic E-state index is 12.9. The topological polar surface area (TPSA) is 76.9 Å². The van der Waals surface area contributed by atoms with Crippen LogP contribution in [0.5, 0.6) is 5.75 Å². The summed E-state index contributed by atoms with van der Waals surface area (Å²) < 4.78 is 48.6. The Balaban J connectivity index is 1.63. The summed E-state index contributed by atoms with van der Waals surface area (Å²) in [6.45, 7) is 4.46. The first kappa shape index (κ1) is 25.5. The summed E-state index contributed by atoms with van der Waals surface area (Å²) in [5.74, 6) is -0.609. The van der Waals surface area contributed by atoms with Crippen LogP contribution in [0.2, 0.25) is 0 Å². The summed E-state index contributed by atoms with van der Waals surface area (Å²) in [5, 5.41) is 4.10. The molecule has 0 saturated carbocycles. The standard InChI is InChI=1S/C23H29F3N4O4/c1-16(2)30-13-20(33-15-17-4-7-19(8-5-17)34-23(24,25)26)12-29(14-22(30)32)21(31)9-6-18-10-27-28(3)11-18/h4-5,7-8,10-11,16,20H,6,9,12-15H2,1-3H3. The van der Waals surface area contributed by atoms with Gasteiger partial charge in [0.25, 0.3) is 0 Å². The minimum Gasteiger partial charge on any atom is -0.406 e. The molecule has 8 nitrogen and oxygen atoms in total. The minimum atomic E-state index is -4.75. The number of rotatable bonds is 8. The molecule has 1 atom stereocenters. The lowest BCUT2D eigenvalue weighted by molar-refractivity contribution is -0.274. The second kappa shape index (κ2) is 10.9. The van der Waals surface area contributed by atoms with E-state index in [4.69, 9.17) is 4.74 Å². The number of benzene rings is 1. The van der Waals surface area contributed by atoms with Gasteiger partial charge >= 0.3 is 6.36 Å². The van der Waals surface area contributed by atoms with Gasteiger partial charge in [-0.05, 0) is 43.5 Å². The van der Waals surface area contributed by atoms with Crippen molar-refractivity contribution in [3.63, 3.8) is 0 Å². The molecule has 0 bridgehead atoms. The van der Waals surface area contributed by atoms with E-state index in [1.807, 2.05) is 20.0 Å². The Labute approximate surface area is 196 Å². The molecule has 0 radical (unpaired) electrons. The van der Waals surface area contributed by atoms with Gasteiger partial charge in [0.05, 0.1) is 25.5 Å². The van der Waals surface area contributed by atoms with Crippen molar-refractivity contribution >= 4 is 11.8 Å². The molecule has 0 spiro atoms. The molecule has 1 aromatic carbocycles. The van der Waals surface area contributed by atoms with Gasteiger partial charge in [0.1, 0.15) is 5.75 Å². The van der Waals surface area contributed by atoms with Crippen LogP contribution in [0.4, 0.5) is 13.2 Å². The van der Waals surface area contributed by atoms with Gasteiger partial charge in [-0.2, -0.15) is 5.10 Å². The number of ether oxygens (including phenoxy) is 2. The molecule has 1 saturated heterocycles. The van der Waals surface area contributed by atoms with Crippen LogP contribution in [0.15, 0.2) is 36.7 Å². The molecule has 11 heteroatoms. The highest BCUT2D eigenvalue weighted by Gasteiger charge is 2.32. The molecule has 2 aromatic rings. The molecule has 3 rings (SSSR count). The Morgan fingerprint density at radius 1 is 1.18 bits per heavy atom. The number of carbonyl (C=O) groups excluding carboxylic acids is 2. The van der Waals surface area contributed by atoms with Crippen molar-refractivity contribution in [2.24, 2.45) is 7.05 Å². The molecule has 186 valence electrons. The third-order valence-corrected chi connectivity index (χ3v) is 5.48. The first-order valence-electron chi connectivity index (χ1n) is 11.0. The Morgan fingerprint density at radius 3 is 2.47 bits per heavy atom. The van der Waals surface area contributed by atoms with Crippen LogP contribution in [0, 0.1) is 0 Å². The normalized spacial score (nSPS) is 17.3. The Hall–Kier alpha value is -3.08. The van der Waals surface area contributed by atoms with Gasteiger partial charge in [-0.25, -0.2) is 0 Å². The minimum absolute atomic E-state index is 0.0204. The average Bonchev–Trinajstić information content (AvgIpc) is 3.09. The average molecular weight is 483 g/mol. The third-order valence-electron chi connectivity index (χ3n) is 5.48. The van der Waals surface area contributed by atoms with Gasteiger partial charge in [0, 0.05) is 38.8 Å². The molecule has 2 amide bonds. The van der Waals surface area contributed by atoms with Crippen molar-refractivity contribution in [2.45, 2.75) is 51.8 Å². The number of amides is 2. The summed E-state index contributed by atoms with van der Waals surface area (Å²) in [4.78, 5) is 28.9. The van der Waals surface area contributed by atoms with E-state index in [1.165, 1.54) is 29.2 Å². The van der Waals surface area contributed by atoms with E-state index in [9.17, 15) is 22.8 Å². The lowest BCUT2D eigenvalue weighted by Crippen LogP contribution is -2.42. The molecular formula is C23H29F3N4O4. The smallest absolute Gasteiger partial charge is 0.406 e. The number of aromatic nitrogens is 2. The third kappa shape index (κ3) is 7.47. The van der Waals surface area contributed by atoms with Gasteiger partial charge in [-0.15, -0.1) is 13.2 Å². The molecule has 34 heavy (non-hydrogen) atoms. The molecule has 2 heterocycles. The Morgan fingerprint density at radius 2 is 1.88 bits per heavy atom.